The van der Waals surface area contributed by atoms with Crippen LogP contribution in [0.5, 0.6) is 5.75 Å². The molecule has 43 heavy (non-hydrogen) atoms. The van der Waals surface area contributed by atoms with Crippen molar-refractivity contribution in [3.8, 4) is 5.75 Å². The quantitative estimate of drug-likeness (QED) is 0.318. The normalized spacial score (nSPS) is 22.3. The van der Waals surface area contributed by atoms with Crippen molar-refractivity contribution in [2.24, 2.45) is 11.8 Å². The minimum absolute atomic E-state index is 0.0853. The molecule has 1 saturated carbocycles. The van der Waals surface area contributed by atoms with Crippen LogP contribution in [0.1, 0.15) is 18.4 Å². The van der Waals surface area contributed by atoms with Crippen LogP contribution in [0.3, 0.4) is 0 Å². The van der Waals surface area contributed by atoms with Crippen molar-refractivity contribution < 1.29 is 14.3 Å². The van der Waals surface area contributed by atoms with Gasteiger partial charge in [-0.2, -0.15) is 10.1 Å². The van der Waals surface area contributed by atoms with Crippen LogP contribution in [0.15, 0.2) is 55.0 Å². The van der Waals surface area contributed by atoms with Gasteiger partial charge in [-0.15, -0.1) is 5.10 Å². The molecular weight excluding hydrogens is 546 g/mol. The fraction of sp³-hybridized carbons (Fsp3) is 0.484. The molecular formula is C31H39N9O3. The van der Waals surface area contributed by atoms with Crippen LogP contribution in [0, 0.1) is 11.8 Å². The minimum Gasteiger partial charge on any atom is -0.497 e. The molecule has 3 fully saturated rings. The monoisotopic (exact) mass is 585 g/mol. The number of carbonyl (C=O) groups excluding carboxylic acids is 1. The van der Waals surface area contributed by atoms with Gasteiger partial charge in [-0.1, -0.05) is 12.1 Å². The molecule has 2 bridgehead atoms. The number of rotatable bonds is 9. The number of piperidine rings is 1. The fourth-order valence-electron chi connectivity index (χ4n) is 6.69. The molecule has 0 spiro atoms. The van der Waals surface area contributed by atoms with Gasteiger partial charge in [0.05, 0.1) is 37.4 Å². The molecule has 226 valence electrons. The van der Waals surface area contributed by atoms with Crippen LogP contribution < -0.4 is 15.0 Å². The highest BCUT2D eigenvalue weighted by molar-refractivity contribution is 5.76. The topological polar surface area (TPSA) is 105 Å². The smallest absolute Gasteiger partial charge is 0.247 e. The number of hydrogen-bond acceptors (Lipinski definition) is 9. The molecule has 3 aromatic heterocycles. The number of nitrogens with zero attached hydrogens (tertiary/aromatic N) is 8. The number of aromatic nitrogens is 5. The third-order valence-corrected chi connectivity index (χ3v) is 9.07. The summed E-state index contributed by atoms with van der Waals surface area (Å²) < 4.78 is 15.3. The Hall–Kier alpha value is -4.16. The number of likely N-dealkylation sites (N-methyl/N-ethyl adjacent to an activating group) is 1. The number of methoxy groups -OCH3 is 1. The Kier molecular flexibility index (Phi) is 7.62. The summed E-state index contributed by atoms with van der Waals surface area (Å²) in [5, 5.41) is 12.3. The lowest BCUT2D eigenvalue weighted by Crippen LogP contribution is -2.48. The average Bonchev–Trinajstić information content (AvgIpc) is 3.71. The molecule has 1 N–H and O–H groups in total. The zero-order valence-electron chi connectivity index (χ0n) is 24.8. The van der Waals surface area contributed by atoms with Crippen molar-refractivity contribution in [1.82, 2.24) is 34.2 Å². The summed E-state index contributed by atoms with van der Waals surface area (Å²) in [6.07, 6.45) is 8.09. The molecule has 7 rings (SSSR count). The number of pyridine rings is 1. The largest absolute Gasteiger partial charge is 0.497 e. The van der Waals surface area contributed by atoms with Crippen LogP contribution in [0.2, 0.25) is 0 Å². The van der Waals surface area contributed by atoms with Crippen molar-refractivity contribution in [3.63, 3.8) is 0 Å². The molecule has 2 saturated heterocycles. The van der Waals surface area contributed by atoms with Gasteiger partial charge >= 0.3 is 0 Å². The van der Waals surface area contributed by atoms with Gasteiger partial charge in [0, 0.05) is 63.5 Å². The Morgan fingerprint density at radius 2 is 1.81 bits per heavy atom. The lowest BCUT2D eigenvalue weighted by atomic mass is 9.94. The molecule has 5 heterocycles. The number of hydrogen-bond donors (Lipinski definition) is 1. The van der Waals surface area contributed by atoms with E-state index in [0.29, 0.717) is 24.4 Å². The third-order valence-electron chi connectivity index (χ3n) is 9.07. The number of piperazine rings is 1. The van der Waals surface area contributed by atoms with Crippen molar-refractivity contribution in [1.29, 1.82) is 0 Å². The molecule has 12 nitrogen and oxygen atoms in total. The second-order valence-corrected chi connectivity index (χ2v) is 12.0. The molecule has 2 atom stereocenters. The Morgan fingerprint density at radius 1 is 1.05 bits per heavy atom. The highest BCUT2D eigenvalue weighted by Crippen LogP contribution is 2.41. The maximum atomic E-state index is 12.7. The third kappa shape index (κ3) is 5.89. The molecule has 2 unspecified atom stereocenters. The summed E-state index contributed by atoms with van der Waals surface area (Å²) in [4.78, 5) is 24.2. The number of fused-ring (bicyclic) bond motifs is 3. The van der Waals surface area contributed by atoms with E-state index in [0.717, 1.165) is 62.0 Å². The van der Waals surface area contributed by atoms with Gasteiger partial charge in [0.2, 0.25) is 11.9 Å². The van der Waals surface area contributed by atoms with E-state index in [1.54, 1.807) is 18.0 Å². The van der Waals surface area contributed by atoms with Crippen LogP contribution in [-0.2, 0) is 22.7 Å². The molecule has 4 aromatic rings. The Labute approximate surface area is 251 Å². The van der Waals surface area contributed by atoms with Gasteiger partial charge in [-0.05, 0) is 49.7 Å². The van der Waals surface area contributed by atoms with Crippen molar-refractivity contribution in [3.05, 3.63) is 60.6 Å². The summed E-state index contributed by atoms with van der Waals surface area (Å²) in [5.74, 6) is 2.41. The van der Waals surface area contributed by atoms with Crippen molar-refractivity contribution in [2.45, 2.75) is 32.1 Å². The number of amides is 1. The zero-order chi connectivity index (χ0) is 29.3. The van der Waals surface area contributed by atoms with Crippen LogP contribution in [0.4, 0.5) is 17.3 Å². The SMILES string of the molecule is COc1ccc(COC2C3CCC2CN(c2cccn4nc(Nc5cnn(CC(=O)N6CCN(C)CC6)c5)nc24)C3)cc1. The predicted molar refractivity (Wildman–Crippen MR) is 163 cm³/mol. The Morgan fingerprint density at radius 3 is 2.56 bits per heavy atom. The van der Waals surface area contributed by atoms with E-state index in [4.69, 9.17) is 14.5 Å². The van der Waals surface area contributed by atoms with Crippen LogP contribution in [-0.4, -0.2) is 99.6 Å². The molecule has 2 aliphatic heterocycles. The number of ether oxygens (including phenoxy) is 2. The van der Waals surface area contributed by atoms with E-state index < -0.39 is 0 Å². The van der Waals surface area contributed by atoms with E-state index in [1.807, 2.05) is 40.0 Å². The minimum atomic E-state index is 0.0853. The summed E-state index contributed by atoms with van der Waals surface area (Å²) in [6.45, 7) is 6.03. The lowest BCUT2D eigenvalue weighted by molar-refractivity contribution is -0.133. The zero-order valence-corrected chi connectivity index (χ0v) is 24.8. The van der Waals surface area contributed by atoms with Gasteiger partial charge in [0.15, 0.2) is 5.65 Å². The van der Waals surface area contributed by atoms with Gasteiger partial charge in [0.25, 0.3) is 0 Å². The second-order valence-electron chi connectivity index (χ2n) is 12.0. The first-order valence-electron chi connectivity index (χ1n) is 15.1. The van der Waals surface area contributed by atoms with Gasteiger partial charge < -0.3 is 29.5 Å². The highest BCUT2D eigenvalue weighted by atomic mass is 16.5. The Balaban J connectivity index is 0.988. The standard InChI is InChI=1S/C31H39N9O3/c1-36-12-14-37(15-13-36)28(41)20-39-19-25(16-32-39)33-31-34-30-27(4-3-11-40(30)35-31)38-17-23-7-8-24(18-38)29(23)43-21-22-5-9-26(42-2)10-6-22/h3-6,9-11,16,19,23-24,29H,7-8,12-15,17-18,20-21H2,1-2H3,(H,33,35). The van der Waals surface area contributed by atoms with E-state index in [2.05, 4.69) is 50.6 Å². The first kappa shape index (κ1) is 27.7. The number of benzene rings is 1. The summed E-state index contributed by atoms with van der Waals surface area (Å²) in [7, 11) is 3.77. The van der Waals surface area contributed by atoms with E-state index in [9.17, 15) is 4.79 Å². The number of nitrogens with one attached hydrogen (secondary N) is 1. The molecule has 1 aromatic carbocycles. The van der Waals surface area contributed by atoms with Crippen molar-refractivity contribution in [2.75, 3.05) is 63.6 Å². The van der Waals surface area contributed by atoms with Gasteiger partial charge in [-0.25, -0.2) is 4.52 Å². The summed E-state index contributed by atoms with van der Waals surface area (Å²) in [5.41, 5.74) is 3.82. The predicted octanol–water partition coefficient (Wildman–Crippen LogP) is 2.88. The fourth-order valence-corrected chi connectivity index (χ4v) is 6.69. The number of carbonyl (C=O) groups is 1. The van der Waals surface area contributed by atoms with E-state index >= 15 is 0 Å². The van der Waals surface area contributed by atoms with E-state index in [-0.39, 0.29) is 18.6 Å². The Bertz CT molecular complexity index is 1550. The molecule has 12 heteroatoms. The first-order valence-corrected chi connectivity index (χ1v) is 15.1. The average molecular weight is 586 g/mol. The molecule has 3 aliphatic rings. The lowest BCUT2D eigenvalue weighted by Gasteiger charge is -2.39. The van der Waals surface area contributed by atoms with E-state index in [1.165, 1.54) is 18.4 Å². The molecule has 1 amide bonds. The highest BCUT2D eigenvalue weighted by Gasteiger charge is 2.43. The number of anilines is 3. The maximum Gasteiger partial charge on any atom is 0.247 e. The molecule has 1 aliphatic carbocycles. The second kappa shape index (κ2) is 11.8. The van der Waals surface area contributed by atoms with Crippen LogP contribution >= 0.6 is 0 Å². The first-order chi connectivity index (χ1) is 21.0. The van der Waals surface area contributed by atoms with Gasteiger partial charge in [-0.3, -0.25) is 9.48 Å². The maximum absolute atomic E-state index is 12.7. The van der Waals surface area contributed by atoms with Gasteiger partial charge in [0.1, 0.15) is 12.3 Å². The molecule has 0 radical (unpaired) electrons. The summed E-state index contributed by atoms with van der Waals surface area (Å²) >= 11 is 0. The summed E-state index contributed by atoms with van der Waals surface area (Å²) in [6, 6.07) is 12.3. The van der Waals surface area contributed by atoms with Crippen molar-refractivity contribution >= 4 is 28.9 Å². The van der Waals surface area contributed by atoms with Crippen LogP contribution in [0.25, 0.3) is 5.65 Å².